The second-order valence-corrected chi connectivity index (χ2v) is 8.65. The second kappa shape index (κ2) is 9.06. The molecule has 29 heavy (non-hydrogen) atoms. The van der Waals surface area contributed by atoms with E-state index in [4.69, 9.17) is 0 Å². The highest BCUT2D eigenvalue weighted by Gasteiger charge is 2.24. The number of urea groups is 1. The number of benzene rings is 2. The Kier molecular flexibility index (Phi) is 6.50. The van der Waals surface area contributed by atoms with Gasteiger partial charge in [0.2, 0.25) is 10.0 Å². The van der Waals surface area contributed by atoms with Crippen LogP contribution >= 0.6 is 0 Å². The highest BCUT2D eigenvalue weighted by atomic mass is 32.2. The SMILES string of the molecule is CNS(=O)(=O)c1ccc(C(=O)NC2CCN(C(=O)Nc3ccccc3)CC2)cc1. The van der Waals surface area contributed by atoms with Gasteiger partial charge in [0.1, 0.15) is 0 Å². The molecule has 1 saturated heterocycles. The molecular formula is C20H24N4O4S. The normalized spacial score (nSPS) is 15.0. The van der Waals surface area contributed by atoms with E-state index in [-0.39, 0.29) is 22.9 Å². The number of nitrogens with zero attached hydrogens (tertiary/aromatic N) is 1. The number of hydrogen-bond donors (Lipinski definition) is 3. The van der Waals surface area contributed by atoms with Gasteiger partial charge < -0.3 is 15.5 Å². The molecule has 0 spiro atoms. The highest BCUT2D eigenvalue weighted by molar-refractivity contribution is 7.89. The van der Waals surface area contributed by atoms with Gasteiger partial charge in [-0.2, -0.15) is 0 Å². The lowest BCUT2D eigenvalue weighted by Gasteiger charge is -2.32. The third-order valence-corrected chi connectivity index (χ3v) is 6.27. The van der Waals surface area contributed by atoms with Gasteiger partial charge in [-0.1, -0.05) is 18.2 Å². The zero-order chi connectivity index (χ0) is 20.9. The topological polar surface area (TPSA) is 108 Å². The van der Waals surface area contributed by atoms with Crippen LogP contribution in [0.1, 0.15) is 23.2 Å². The number of amides is 3. The standard InChI is InChI=1S/C20H24N4O4S/c1-21-29(27,28)18-9-7-15(8-10-18)19(25)22-17-11-13-24(14-12-17)20(26)23-16-5-3-2-4-6-16/h2-10,17,21H,11-14H2,1H3,(H,22,25)(H,23,26). The van der Waals surface area contributed by atoms with E-state index >= 15 is 0 Å². The van der Waals surface area contributed by atoms with Crippen LogP contribution in [0.25, 0.3) is 0 Å². The van der Waals surface area contributed by atoms with Gasteiger partial charge in [0, 0.05) is 30.4 Å². The van der Waals surface area contributed by atoms with Gasteiger partial charge in [-0.05, 0) is 56.3 Å². The summed E-state index contributed by atoms with van der Waals surface area (Å²) in [6, 6.07) is 14.9. The molecule has 8 nitrogen and oxygen atoms in total. The van der Waals surface area contributed by atoms with E-state index in [1.807, 2.05) is 30.3 Å². The van der Waals surface area contributed by atoms with Crippen molar-refractivity contribution >= 4 is 27.6 Å². The number of para-hydroxylation sites is 1. The van der Waals surface area contributed by atoms with Crippen LogP contribution in [0.5, 0.6) is 0 Å². The van der Waals surface area contributed by atoms with Crippen molar-refractivity contribution in [2.45, 2.75) is 23.8 Å². The monoisotopic (exact) mass is 416 g/mol. The third-order valence-electron chi connectivity index (χ3n) is 4.84. The van der Waals surface area contributed by atoms with Crippen LogP contribution in [0.2, 0.25) is 0 Å². The van der Waals surface area contributed by atoms with Crippen molar-refractivity contribution in [3.05, 3.63) is 60.2 Å². The maximum Gasteiger partial charge on any atom is 0.321 e. The molecule has 0 atom stereocenters. The molecule has 0 bridgehead atoms. The summed E-state index contributed by atoms with van der Waals surface area (Å²) in [5, 5.41) is 5.81. The number of anilines is 1. The van der Waals surface area contributed by atoms with E-state index in [0.717, 1.165) is 5.69 Å². The summed E-state index contributed by atoms with van der Waals surface area (Å²) >= 11 is 0. The van der Waals surface area contributed by atoms with Gasteiger partial charge >= 0.3 is 6.03 Å². The molecular weight excluding hydrogens is 392 g/mol. The first kappa shape index (κ1) is 20.8. The summed E-state index contributed by atoms with van der Waals surface area (Å²) in [5.74, 6) is -0.259. The Bertz CT molecular complexity index is 954. The van der Waals surface area contributed by atoms with Crippen LogP contribution in [-0.4, -0.2) is 51.4 Å². The first-order valence-electron chi connectivity index (χ1n) is 9.34. The molecule has 3 N–H and O–H groups in total. The van der Waals surface area contributed by atoms with Gasteiger partial charge in [0.25, 0.3) is 5.91 Å². The Hall–Kier alpha value is -2.91. The fraction of sp³-hybridized carbons (Fsp3) is 0.300. The van der Waals surface area contributed by atoms with Crippen LogP contribution in [-0.2, 0) is 10.0 Å². The minimum Gasteiger partial charge on any atom is -0.349 e. The maximum atomic E-state index is 12.4. The van der Waals surface area contributed by atoms with E-state index < -0.39 is 10.0 Å². The van der Waals surface area contributed by atoms with Gasteiger partial charge in [-0.3, -0.25) is 4.79 Å². The van der Waals surface area contributed by atoms with Crippen molar-refractivity contribution in [3.8, 4) is 0 Å². The Labute approximate surface area is 170 Å². The second-order valence-electron chi connectivity index (χ2n) is 6.76. The van der Waals surface area contributed by atoms with E-state index in [0.29, 0.717) is 31.5 Å². The molecule has 3 amide bonds. The highest BCUT2D eigenvalue weighted by Crippen LogP contribution is 2.15. The van der Waals surface area contributed by atoms with Crippen molar-refractivity contribution in [1.82, 2.24) is 14.9 Å². The number of piperidine rings is 1. The molecule has 3 rings (SSSR count). The maximum absolute atomic E-state index is 12.4. The smallest absolute Gasteiger partial charge is 0.321 e. The molecule has 1 aliphatic rings. The van der Waals surface area contributed by atoms with Gasteiger partial charge in [0.05, 0.1) is 4.90 Å². The molecule has 9 heteroatoms. The van der Waals surface area contributed by atoms with E-state index in [1.165, 1.54) is 31.3 Å². The fourth-order valence-electron chi connectivity index (χ4n) is 3.12. The first-order chi connectivity index (χ1) is 13.9. The van der Waals surface area contributed by atoms with Crippen molar-refractivity contribution in [1.29, 1.82) is 0 Å². The van der Waals surface area contributed by atoms with E-state index in [1.54, 1.807) is 4.90 Å². The Morgan fingerprint density at radius 2 is 1.59 bits per heavy atom. The molecule has 0 unspecified atom stereocenters. The largest absolute Gasteiger partial charge is 0.349 e. The van der Waals surface area contributed by atoms with Gasteiger partial charge in [-0.25, -0.2) is 17.9 Å². The average molecular weight is 417 g/mol. The summed E-state index contributed by atoms with van der Waals surface area (Å²) in [5.41, 5.74) is 1.14. The van der Waals surface area contributed by atoms with Crippen LogP contribution in [0.3, 0.4) is 0 Å². The predicted octanol–water partition coefficient (Wildman–Crippen LogP) is 2.02. The Morgan fingerprint density at radius 1 is 0.966 bits per heavy atom. The minimum atomic E-state index is -3.53. The summed E-state index contributed by atoms with van der Waals surface area (Å²) < 4.78 is 25.7. The zero-order valence-electron chi connectivity index (χ0n) is 16.1. The van der Waals surface area contributed by atoms with Gasteiger partial charge in [0.15, 0.2) is 0 Å². The van der Waals surface area contributed by atoms with Crippen molar-refractivity contribution < 1.29 is 18.0 Å². The lowest BCUT2D eigenvalue weighted by molar-refractivity contribution is 0.0919. The number of sulfonamides is 1. The summed E-state index contributed by atoms with van der Waals surface area (Å²) in [7, 11) is -2.19. The van der Waals surface area contributed by atoms with Crippen molar-refractivity contribution in [3.63, 3.8) is 0 Å². The van der Waals surface area contributed by atoms with E-state index in [2.05, 4.69) is 15.4 Å². The molecule has 154 valence electrons. The van der Waals surface area contributed by atoms with Crippen LogP contribution in [0, 0.1) is 0 Å². The Morgan fingerprint density at radius 3 is 2.17 bits per heavy atom. The minimum absolute atomic E-state index is 0.0380. The average Bonchev–Trinajstić information content (AvgIpc) is 2.75. The summed E-state index contributed by atoms with van der Waals surface area (Å²) in [6.07, 6.45) is 1.31. The number of likely N-dealkylation sites (tertiary alicyclic amines) is 1. The summed E-state index contributed by atoms with van der Waals surface area (Å²) in [6.45, 7) is 1.09. The number of hydrogen-bond acceptors (Lipinski definition) is 4. The van der Waals surface area contributed by atoms with Crippen molar-refractivity contribution in [2.24, 2.45) is 0 Å². The first-order valence-corrected chi connectivity index (χ1v) is 10.8. The van der Waals surface area contributed by atoms with Crippen LogP contribution in [0.4, 0.5) is 10.5 Å². The molecule has 1 aliphatic heterocycles. The molecule has 0 aromatic heterocycles. The molecule has 0 radical (unpaired) electrons. The molecule has 1 heterocycles. The van der Waals surface area contributed by atoms with Crippen molar-refractivity contribution in [2.75, 3.05) is 25.5 Å². The molecule has 2 aromatic rings. The lowest BCUT2D eigenvalue weighted by Crippen LogP contribution is -2.47. The Balaban J connectivity index is 1.50. The van der Waals surface area contributed by atoms with Gasteiger partial charge in [-0.15, -0.1) is 0 Å². The molecule has 2 aromatic carbocycles. The number of nitrogens with one attached hydrogen (secondary N) is 3. The third kappa shape index (κ3) is 5.33. The number of rotatable bonds is 5. The number of carbonyl (C=O) groups excluding carboxylic acids is 2. The molecule has 0 saturated carbocycles. The van der Waals surface area contributed by atoms with Crippen LogP contribution in [0.15, 0.2) is 59.5 Å². The zero-order valence-corrected chi connectivity index (χ0v) is 16.9. The van der Waals surface area contributed by atoms with Crippen LogP contribution < -0.4 is 15.4 Å². The lowest BCUT2D eigenvalue weighted by atomic mass is 10.0. The number of carbonyl (C=O) groups is 2. The predicted molar refractivity (Wildman–Crippen MR) is 110 cm³/mol. The fourth-order valence-corrected chi connectivity index (χ4v) is 3.85. The summed E-state index contributed by atoms with van der Waals surface area (Å²) in [4.78, 5) is 26.6. The molecule has 1 fully saturated rings. The molecule has 0 aliphatic carbocycles. The quantitative estimate of drug-likeness (QED) is 0.693. The van der Waals surface area contributed by atoms with E-state index in [9.17, 15) is 18.0 Å².